The van der Waals surface area contributed by atoms with Crippen molar-refractivity contribution >= 4 is 50.9 Å². The molecular weight excluding hydrogens is 408 g/mol. The normalized spacial score (nSPS) is 12.3. The highest BCUT2D eigenvalue weighted by Gasteiger charge is 2.21. The van der Waals surface area contributed by atoms with Gasteiger partial charge in [0.25, 0.3) is 0 Å². The van der Waals surface area contributed by atoms with Crippen molar-refractivity contribution < 1.29 is 9.53 Å². The molecule has 0 fully saturated rings. The predicted octanol–water partition coefficient (Wildman–Crippen LogP) is 5.16. The predicted molar refractivity (Wildman–Crippen MR) is 125 cm³/mol. The number of hydrogen-bond donors (Lipinski definition) is 1. The molecule has 154 valence electrons. The maximum absolute atomic E-state index is 12.9. The Bertz CT molecular complexity index is 1430. The molecule has 0 aliphatic heterocycles. The fourth-order valence-corrected chi connectivity index (χ4v) is 4.51. The van der Waals surface area contributed by atoms with E-state index in [0.717, 1.165) is 32.7 Å². The van der Waals surface area contributed by atoms with Crippen LogP contribution in [-0.4, -0.2) is 32.6 Å². The van der Waals surface area contributed by atoms with E-state index in [1.165, 1.54) is 11.8 Å². The van der Waals surface area contributed by atoms with Crippen LogP contribution in [0.25, 0.3) is 27.6 Å². The first-order valence-corrected chi connectivity index (χ1v) is 10.8. The molecule has 0 bridgehead atoms. The minimum Gasteiger partial charge on any atom is -0.495 e. The average molecular weight is 429 g/mol. The van der Waals surface area contributed by atoms with E-state index in [2.05, 4.69) is 5.32 Å². The van der Waals surface area contributed by atoms with Crippen molar-refractivity contribution in [1.82, 2.24) is 14.4 Å². The fourth-order valence-electron chi connectivity index (χ4n) is 3.59. The SMILES string of the molecule is COc1ccccc1NC(=O)C(C)Sc1nc2ccccc2c2nc3ccccc3n12. The molecule has 6 nitrogen and oxygen atoms in total. The van der Waals surface area contributed by atoms with Gasteiger partial charge in [-0.2, -0.15) is 0 Å². The Balaban J connectivity index is 1.55. The second-order valence-electron chi connectivity index (χ2n) is 7.12. The number of methoxy groups -OCH3 is 1. The second-order valence-corrected chi connectivity index (χ2v) is 8.43. The lowest BCUT2D eigenvalue weighted by molar-refractivity contribution is -0.115. The topological polar surface area (TPSA) is 68.5 Å². The van der Waals surface area contributed by atoms with E-state index in [9.17, 15) is 4.79 Å². The Kier molecular flexibility index (Phi) is 4.95. The molecule has 2 aromatic heterocycles. The number of nitrogens with zero attached hydrogens (tertiary/aromatic N) is 3. The zero-order valence-electron chi connectivity index (χ0n) is 17.1. The molecule has 5 aromatic rings. The summed E-state index contributed by atoms with van der Waals surface area (Å²) in [4.78, 5) is 22.7. The van der Waals surface area contributed by atoms with Crippen molar-refractivity contribution in [3.05, 3.63) is 72.8 Å². The summed E-state index contributed by atoms with van der Waals surface area (Å²) in [6.45, 7) is 1.87. The van der Waals surface area contributed by atoms with Crippen LogP contribution in [0.4, 0.5) is 5.69 Å². The van der Waals surface area contributed by atoms with E-state index in [4.69, 9.17) is 14.7 Å². The number of thioether (sulfide) groups is 1. The number of carbonyl (C=O) groups excluding carboxylic acids is 1. The number of imidazole rings is 1. The zero-order valence-corrected chi connectivity index (χ0v) is 17.9. The number of hydrogen-bond acceptors (Lipinski definition) is 5. The fraction of sp³-hybridized carbons (Fsp3) is 0.125. The van der Waals surface area contributed by atoms with Gasteiger partial charge >= 0.3 is 0 Å². The third kappa shape index (κ3) is 3.47. The lowest BCUT2D eigenvalue weighted by Crippen LogP contribution is -2.23. The van der Waals surface area contributed by atoms with Crippen LogP contribution in [0.15, 0.2) is 78.0 Å². The summed E-state index contributed by atoms with van der Waals surface area (Å²) in [5.41, 5.74) is 4.20. The van der Waals surface area contributed by atoms with Crippen LogP contribution < -0.4 is 10.1 Å². The summed E-state index contributed by atoms with van der Waals surface area (Å²) in [5, 5.41) is 4.28. The Hall–Kier alpha value is -3.58. The Morgan fingerprint density at radius 1 is 0.968 bits per heavy atom. The van der Waals surface area contributed by atoms with Gasteiger partial charge in [0.1, 0.15) is 11.4 Å². The number of nitrogens with one attached hydrogen (secondary N) is 1. The molecule has 3 aromatic carbocycles. The molecule has 1 unspecified atom stereocenters. The molecule has 1 N–H and O–H groups in total. The van der Waals surface area contributed by atoms with Crippen molar-refractivity contribution in [2.45, 2.75) is 17.3 Å². The van der Waals surface area contributed by atoms with Gasteiger partial charge in [-0.3, -0.25) is 9.20 Å². The molecule has 0 spiro atoms. The average Bonchev–Trinajstić information content (AvgIpc) is 3.19. The molecule has 0 radical (unpaired) electrons. The van der Waals surface area contributed by atoms with Crippen LogP contribution in [0.5, 0.6) is 5.75 Å². The third-order valence-electron chi connectivity index (χ3n) is 5.13. The highest BCUT2D eigenvalue weighted by atomic mass is 32.2. The van der Waals surface area contributed by atoms with Crippen LogP contribution in [0.2, 0.25) is 0 Å². The third-order valence-corrected chi connectivity index (χ3v) is 6.18. The van der Waals surface area contributed by atoms with Crippen molar-refractivity contribution in [2.24, 2.45) is 0 Å². The number of amides is 1. The van der Waals surface area contributed by atoms with Gasteiger partial charge in [-0.15, -0.1) is 0 Å². The van der Waals surface area contributed by atoms with Crippen molar-refractivity contribution in [3.63, 3.8) is 0 Å². The van der Waals surface area contributed by atoms with Crippen LogP contribution in [0.1, 0.15) is 6.92 Å². The van der Waals surface area contributed by atoms with Crippen LogP contribution in [0.3, 0.4) is 0 Å². The Morgan fingerprint density at radius 3 is 2.52 bits per heavy atom. The molecule has 0 aliphatic carbocycles. The minimum absolute atomic E-state index is 0.123. The Morgan fingerprint density at radius 2 is 1.68 bits per heavy atom. The van der Waals surface area contributed by atoms with Crippen LogP contribution in [0, 0.1) is 0 Å². The van der Waals surface area contributed by atoms with Crippen molar-refractivity contribution in [1.29, 1.82) is 0 Å². The second kappa shape index (κ2) is 7.92. The van der Waals surface area contributed by atoms with E-state index in [1.54, 1.807) is 7.11 Å². The van der Waals surface area contributed by atoms with Gasteiger partial charge in [-0.25, -0.2) is 9.97 Å². The van der Waals surface area contributed by atoms with E-state index in [0.29, 0.717) is 11.4 Å². The lowest BCUT2D eigenvalue weighted by atomic mass is 10.2. The molecule has 0 aliphatic rings. The first-order chi connectivity index (χ1) is 15.2. The summed E-state index contributed by atoms with van der Waals surface area (Å²) in [5.74, 6) is 0.502. The van der Waals surface area contributed by atoms with Gasteiger partial charge < -0.3 is 10.1 Å². The smallest absolute Gasteiger partial charge is 0.237 e. The van der Waals surface area contributed by atoms with Gasteiger partial charge in [0.05, 0.1) is 34.6 Å². The zero-order chi connectivity index (χ0) is 21.4. The molecule has 1 amide bonds. The van der Waals surface area contributed by atoms with Gasteiger partial charge in [0, 0.05) is 5.39 Å². The van der Waals surface area contributed by atoms with Crippen LogP contribution in [-0.2, 0) is 4.79 Å². The molecule has 2 heterocycles. The number of carbonyl (C=O) groups is 1. The highest BCUT2D eigenvalue weighted by molar-refractivity contribution is 8.00. The number of benzene rings is 3. The summed E-state index contributed by atoms with van der Waals surface area (Å²) in [6, 6.07) is 23.3. The largest absolute Gasteiger partial charge is 0.495 e. The molecule has 5 rings (SSSR count). The quantitative estimate of drug-likeness (QED) is 0.309. The van der Waals surface area contributed by atoms with E-state index >= 15 is 0 Å². The molecule has 31 heavy (non-hydrogen) atoms. The summed E-state index contributed by atoms with van der Waals surface area (Å²) in [6.07, 6.45) is 0. The van der Waals surface area contributed by atoms with Gasteiger partial charge in [0.15, 0.2) is 5.16 Å². The monoisotopic (exact) mass is 428 g/mol. The maximum atomic E-state index is 12.9. The molecule has 7 heteroatoms. The molecular formula is C24H20N4O2S. The molecule has 0 saturated carbocycles. The first-order valence-electron chi connectivity index (χ1n) is 9.92. The number of rotatable bonds is 5. The highest BCUT2D eigenvalue weighted by Crippen LogP contribution is 2.31. The van der Waals surface area contributed by atoms with E-state index < -0.39 is 0 Å². The Labute approximate surface area is 183 Å². The number of anilines is 1. The maximum Gasteiger partial charge on any atom is 0.237 e. The van der Waals surface area contributed by atoms with Crippen molar-refractivity contribution in [2.75, 3.05) is 12.4 Å². The van der Waals surface area contributed by atoms with Gasteiger partial charge in [0.2, 0.25) is 5.91 Å². The summed E-state index contributed by atoms with van der Waals surface area (Å²) in [7, 11) is 1.59. The van der Waals surface area contributed by atoms with Crippen LogP contribution >= 0.6 is 11.8 Å². The molecule has 1 atom stereocenters. The van der Waals surface area contributed by atoms with Gasteiger partial charge in [-0.1, -0.05) is 48.2 Å². The van der Waals surface area contributed by atoms with E-state index in [-0.39, 0.29) is 11.2 Å². The summed E-state index contributed by atoms with van der Waals surface area (Å²) >= 11 is 1.41. The van der Waals surface area contributed by atoms with Gasteiger partial charge in [-0.05, 0) is 43.3 Å². The number of ether oxygens (including phenoxy) is 1. The molecule has 0 saturated heterocycles. The van der Waals surface area contributed by atoms with E-state index in [1.807, 2.05) is 84.1 Å². The number of para-hydroxylation sites is 5. The standard InChI is InChI=1S/C24H20N4O2S/c1-15(23(29)26-19-12-6-8-14-21(19)30-2)31-24-27-17-10-4-3-9-16(17)22-25-18-11-5-7-13-20(18)28(22)24/h3-15H,1-2H3,(H,26,29). The lowest BCUT2D eigenvalue weighted by Gasteiger charge is -2.15. The first kappa shape index (κ1) is 19.4. The minimum atomic E-state index is -0.386. The number of fused-ring (bicyclic) bond motifs is 5. The van der Waals surface area contributed by atoms with Crippen molar-refractivity contribution in [3.8, 4) is 5.75 Å². The number of aromatic nitrogens is 3. The summed E-state index contributed by atoms with van der Waals surface area (Å²) < 4.78 is 7.38.